The number of benzene rings is 1. The van der Waals surface area contributed by atoms with Gasteiger partial charge in [0.15, 0.2) is 4.77 Å². The summed E-state index contributed by atoms with van der Waals surface area (Å²) in [6.07, 6.45) is 0.452. The van der Waals surface area contributed by atoms with E-state index in [4.69, 9.17) is 23.8 Å². The molecular weight excluding hydrogens is 342 g/mol. The van der Waals surface area contributed by atoms with E-state index in [1.807, 2.05) is 11.5 Å². The fourth-order valence-corrected chi connectivity index (χ4v) is 2.54. The number of nitro benzene ring substituents is 1. The van der Waals surface area contributed by atoms with Crippen LogP contribution >= 0.6 is 23.8 Å². The van der Waals surface area contributed by atoms with Crippen molar-refractivity contribution in [2.24, 2.45) is 0 Å². The van der Waals surface area contributed by atoms with Crippen molar-refractivity contribution in [2.45, 2.75) is 19.9 Å². The van der Waals surface area contributed by atoms with E-state index in [-0.39, 0.29) is 22.8 Å². The molecule has 0 unspecified atom stereocenters. The number of aromatic amines is 1. The van der Waals surface area contributed by atoms with Gasteiger partial charge < -0.3 is 9.88 Å². The Bertz CT molecular complexity index is 801. The molecule has 0 aliphatic heterocycles. The molecule has 10 heteroatoms. The molecule has 0 aliphatic carbocycles. The highest BCUT2D eigenvalue weighted by molar-refractivity contribution is 7.71. The van der Waals surface area contributed by atoms with Crippen LogP contribution in [0.5, 0.6) is 0 Å². The minimum atomic E-state index is -0.636. The first-order chi connectivity index (χ1) is 10.9. The number of H-pyrrole nitrogens is 1. The van der Waals surface area contributed by atoms with Gasteiger partial charge in [-0.25, -0.2) is 0 Å². The number of nitrogens with zero attached hydrogens (tertiary/aromatic N) is 3. The van der Waals surface area contributed by atoms with E-state index in [1.165, 1.54) is 12.1 Å². The fourth-order valence-electron chi connectivity index (χ4n) is 2.10. The topological polar surface area (TPSA) is 106 Å². The molecule has 0 saturated carbocycles. The lowest BCUT2D eigenvalue weighted by atomic mass is 10.1. The summed E-state index contributed by atoms with van der Waals surface area (Å²) in [5.74, 6) is 0.175. The lowest BCUT2D eigenvalue weighted by Gasteiger charge is -2.07. The molecule has 0 bridgehead atoms. The van der Waals surface area contributed by atoms with Gasteiger partial charge in [-0.3, -0.25) is 20.0 Å². The highest BCUT2D eigenvalue weighted by Crippen LogP contribution is 2.23. The number of nitrogens with one attached hydrogen (secondary N) is 2. The Kier molecular flexibility index (Phi) is 5.45. The molecule has 0 spiro atoms. The lowest BCUT2D eigenvalue weighted by Crippen LogP contribution is -2.27. The number of rotatable bonds is 6. The van der Waals surface area contributed by atoms with Gasteiger partial charge >= 0.3 is 0 Å². The van der Waals surface area contributed by atoms with Crippen molar-refractivity contribution < 1.29 is 9.72 Å². The molecule has 2 N–H and O–H groups in total. The van der Waals surface area contributed by atoms with Crippen LogP contribution in [0.15, 0.2) is 18.2 Å². The predicted octanol–water partition coefficient (Wildman–Crippen LogP) is 2.49. The first-order valence-electron chi connectivity index (χ1n) is 6.80. The number of amides is 1. The highest BCUT2D eigenvalue weighted by atomic mass is 35.5. The van der Waals surface area contributed by atoms with Gasteiger partial charge in [-0.1, -0.05) is 11.6 Å². The number of halogens is 1. The van der Waals surface area contributed by atoms with Crippen LogP contribution in [0.25, 0.3) is 0 Å². The van der Waals surface area contributed by atoms with Gasteiger partial charge in [0, 0.05) is 30.6 Å². The minimum absolute atomic E-state index is 0.0336. The molecule has 0 saturated heterocycles. The Labute approximate surface area is 141 Å². The highest BCUT2D eigenvalue weighted by Gasteiger charge is 2.20. The molecule has 1 amide bonds. The van der Waals surface area contributed by atoms with Crippen molar-refractivity contribution in [1.29, 1.82) is 0 Å². The molecule has 8 nitrogen and oxygen atoms in total. The number of nitro groups is 1. The Morgan fingerprint density at radius 1 is 1.57 bits per heavy atom. The number of carbonyl (C=O) groups is 1. The van der Waals surface area contributed by atoms with Crippen LogP contribution in [0.1, 0.15) is 23.1 Å². The maximum atomic E-state index is 12.1. The van der Waals surface area contributed by atoms with Crippen molar-refractivity contribution in [3.8, 4) is 0 Å². The monoisotopic (exact) mass is 355 g/mol. The average molecular weight is 356 g/mol. The second kappa shape index (κ2) is 7.34. The van der Waals surface area contributed by atoms with Crippen LogP contribution in [-0.4, -0.2) is 32.1 Å². The number of hydrogen-bond acceptors (Lipinski definition) is 5. The van der Waals surface area contributed by atoms with Crippen molar-refractivity contribution in [3.05, 3.63) is 49.5 Å². The Hall–Kier alpha value is -2.26. The van der Waals surface area contributed by atoms with Crippen LogP contribution < -0.4 is 5.32 Å². The quantitative estimate of drug-likeness (QED) is 0.470. The molecule has 122 valence electrons. The van der Waals surface area contributed by atoms with Crippen molar-refractivity contribution in [2.75, 3.05) is 6.54 Å². The van der Waals surface area contributed by atoms with E-state index in [1.54, 1.807) is 0 Å². The molecule has 2 aromatic rings. The van der Waals surface area contributed by atoms with Crippen molar-refractivity contribution >= 4 is 35.4 Å². The average Bonchev–Trinajstić information content (AvgIpc) is 2.87. The van der Waals surface area contributed by atoms with Gasteiger partial charge in [0.25, 0.3) is 11.6 Å². The van der Waals surface area contributed by atoms with E-state index in [0.717, 1.165) is 6.07 Å². The van der Waals surface area contributed by atoms with Gasteiger partial charge in [0.1, 0.15) is 11.4 Å². The zero-order valence-corrected chi connectivity index (χ0v) is 13.8. The van der Waals surface area contributed by atoms with Crippen LogP contribution in [0.3, 0.4) is 0 Å². The molecular formula is C13H14ClN5O3S. The van der Waals surface area contributed by atoms with E-state index in [9.17, 15) is 14.9 Å². The van der Waals surface area contributed by atoms with Gasteiger partial charge in [-0.15, -0.1) is 0 Å². The Morgan fingerprint density at radius 2 is 2.30 bits per heavy atom. The van der Waals surface area contributed by atoms with Gasteiger partial charge in [0.05, 0.1) is 4.92 Å². The maximum absolute atomic E-state index is 12.1. The summed E-state index contributed by atoms with van der Waals surface area (Å²) in [5, 5.41) is 20.6. The molecule has 1 heterocycles. The van der Waals surface area contributed by atoms with Crippen LogP contribution in [0, 0.1) is 14.9 Å². The molecule has 23 heavy (non-hydrogen) atoms. The summed E-state index contributed by atoms with van der Waals surface area (Å²) < 4.78 is 2.33. The van der Waals surface area contributed by atoms with Crippen molar-refractivity contribution in [1.82, 2.24) is 20.1 Å². The Balaban J connectivity index is 2.06. The zero-order valence-electron chi connectivity index (χ0n) is 12.2. The van der Waals surface area contributed by atoms with Crippen LogP contribution in [-0.2, 0) is 13.0 Å². The molecule has 1 aromatic carbocycles. The number of carbonyl (C=O) groups excluding carboxylic acids is 1. The fraction of sp³-hybridized carbons (Fsp3) is 0.308. The molecule has 0 atom stereocenters. The SMILES string of the molecule is CCn1c(CCNC(=O)c2ccc(Cl)cc2[N+](=O)[O-])n[nH]c1=S. The Morgan fingerprint density at radius 3 is 2.96 bits per heavy atom. The smallest absolute Gasteiger partial charge is 0.283 e. The first kappa shape index (κ1) is 17.1. The largest absolute Gasteiger partial charge is 0.351 e. The number of aromatic nitrogens is 3. The summed E-state index contributed by atoms with van der Waals surface area (Å²) in [5.41, 5.74) is -0.361. The van der Waals surface area contributed by atoms with E-state index in [2.05, 4.69) is 15.5 Å². The molecule has 0 aliphatic rings. The first-order valence-corrected chi connectivity index (χ1v) is 7.59. The second-order valence-corrected chi connectivity index (χ2v) is 5.44. The third-order valence-electron chi connectivity index (χ3n) is 3.19. The third kappa shape index (κ3) is 3.93. The lowest BCUT2D eigenvalue weighted by molar-refractivity contribution is -0.385. The van der Waals surface area contributed by atoms with Gasteiger partial charge in [-0.2, -0.15) is 5.10 Å². The normalized spacial score (nSPS) is 10.5. The second-order valence-electron chi connectivity index (χ2n) is 4.61. The van der Waals surface area contributed by atoms with E-state index in [0.29, 0.717) is 23.6 Å². The third-order valence-corrected chi connectivity index (χ3v) is 3.74. The predicted molar refractivity (Wildman–Crippen MR) is 87.2 cm³/mol. The van der Waals surface area contributed by atoms with Crippen LogP contribution in [0.4, 0.5) is 5.69 Å². The zero-order chi connectivity index (χ0) is 17.0. The molecule has 2 rings (SSSR count). The summed E-state index contributed by atoms with van der Waals surface area (Å²) in [6, 6.07) is 3.92. The molecule has 1 aromatic heterocycles. The maximum Gasteiger partial charge on any atom is 0.283 e. The van der Waals surface area contributed by atoms with E-state index >= 15 is 0 Å². The van der Waals surface area contributed by atoms with Crippen LogP contribution in [0.2, 0.25) is 5.02 Å². The standard InChI is InChI=1S/C13H14ClN5O3S/c1-2-18-11(16-17-13(18)23)5-6-15-12(20)9-4-3-8(14)7-10(9)19(21)22/h3-4,7H,2,5-6H2,1H3,(H,15,20)(H,17,23). The minimum Gasteiger partial charge on any atom is -0.351 e. The molecule has 0 fully saturated rings. The van der Waals surface area contributed by atoms with E-state index < -0.39 is 10.8 Å². The summed E-state index contributed by atoms with van der Waals surface area (Å²) in [7, 11) is 0. The summed E-state index contributed by atoms with van der Waals surface area (Å²) in [6.45, 7) is 2.88. The van der Waals surface area contributed by atoms with Gasteiger partial charge in [-0.05, 0) is 31.3 Å². The number of hydrogen-bond donors (Lipinski definition) is 2. The summed E-state index contributed by atoms with van der Waals surface area (Å²) >= 11 is 10.8. The van der Waals surface area contributed by atoms with Crippen molar-refractivity contribution in [3.63, 3.8) is 0 Å². The summed E-state index contributed by atoms with van der Waals surface area (Å²) in [4.78, 5) is 22.5. The van der Waals surface area contributed by atoms with Gasteiger partial charge in [0.2, 0.25) is 0 Å². The molecule has 0 radical (unpaired) electrons.